The lowest BCUT2D eigenvalue weighted by molar-refractivity contribution is -0.143. The van der Waals surface area contributed by atoms with E-state index in [-0.39, 0.29) is 37.3 Å². The van der Waals surface area contributed by atoms with Crippen LogP contribution >= 0.6 is 23.1 Å². The van der Waals surface area contributed by atoms with Crippen LogP contribution in [0.15, 0.2) is 34.7 Å². The first kappa shape index (κ1) is 20.6. The van der Waals surface area contributed by atoms with Crippen LogP contribution in [0, 0.1) is 0 Å². The molecule has 0 saturated heterocycles. The highest BCUT2D eigenvalue weighted by atomic mass is 32.2. The molecule has 0 saturated carbocycles. The van der Waals surface area contributed by atoms with Crippen molar-refractivity contribution in [2.45, 2.75) is 11.3 Å². The molecule has 0 bridgehead atoms. The van der Waals surface area contributed by atoms with Gasteiger partial charge in [0.2, 0.25) is 11.0 Å². The molecule has 2 N–H and O–H groups in total. The van der Waals surface area contributed by atoms with Gasteiger partial charge in [0.25, 0.3) is 5.91 Å². The molecule has 0 unspecified atom stereocenters. The van der Waals surface area contributed by atoms with E-state index in [1.807, 2.05) is 18.2 Å². The summed E-state index contributed by atoms with van der Waals surface area (Å²) in [5.74, 6) is -0.521. The third-order valence-corrected chi connectivity index (χ3v) is 4.80. The first-order valence-corrected chi connectivity index (χ1v) is 9.73. The highest BCUT2D eigenvalue weighted by Crippen LogP contribution is 2.25. The summed E-state index contributed by atoms with van der Waals surface area (Å²) in [7, 11) is 0. The number of nitrogens with zero attached hydrogens (tertiary/aromatic N) is 2. The number of hydrogen-bond donors (Lipinski definition) is 2. The van der Waals surface area contributed by atoms with Crippen LogP contribution < -0.4 is 15.4 Å². The van der Waals surface area contributed by atoms with Gasteiger partial charge in [-0.15, -0.1) is 10.2 Å². The largest absolute Gasteiger partial charge is 0.484 e. The lowest BCUT2D eigenvalue weighted by Crippen LogP contribution is -2.31. The molecule has 0 atom stereocenters. The molecule has 1 aromatic heterocycles. The highest BCUT2D eigenvalue weighted by Gasteiger charge is 2.12. The zero-order chi connectivity index (χ0) is 19.5. The van der Waals surface area contributed by atoms with E-state index in [1.54, 1.807) is 19.1 Å². The molecule has 2 aromatic rings. The van der Waals surface area contributed by atoms with Crippen molar-refractivity contribution >= 4 is 46.0 Å². The number of carbonyl (C=O) groups excluding carboxylic acids is 3. The monoisotopic (exact) mass is 410 g/mol. The number of aromatic nitrogens is 2. The van der Waals surface area contributed by atoms with E-state index < -0.39 is 5.97 Å². The van der Waals surface area contributed by atoms with Crippen molar-refractivity contribution in [3.05, 3.63) is 30.3 Å². The van der Waals surface area contributed by atoms with Gasteiger partial charge in [-0.3, -0.25) is 19.7 Å². The van der Waals surface area contributed by atoms with Crippen molar-refractivity contribution in [1.82, 2.24) is 15.5 Å². The molecule has 9 nitrogen and oxygen atoms in total. The second-order valence-corrected chi connectivity index (χ2v) is 7.09. The number of benzene rings is 1. The average Bonchev–Trinajstić information content (AvgIpc) is 3.11. The third kappa shape index (κ3) is 8.05. The maximum atomic E-state index is 11.9. The minimum absolute atomic E-state index is 0.0686. The molecule has 11 heteroatoms. The van der Waals surface area contributed by atoms with Crippen molar-refractivity contribution in [1.29, 1.82) is 0 Å². The van der Waals surface area contributed by atoms with Crippen molar-refractivity contribution in [3.8, 4) is 5.75 Å². The zero-order valence-corrected chi connectivity index (χ0v) is 16.1. The van der Waals surface area contributed by atoms with Crippen LogP contribution in [0.5, 0.6) is 5.75 Å². The Bertz CT molecular complexity index is 769. The molecule has 0 spiro atoms. The normalized spacial score (nSPS) is 10.1. The second kappa shape index (κ2) is 11.1. The topological polar surface area (TPSA) is 120 Å². The minimum Gasteiger partial charge on any atom is -0.484 e. The third-order valence-electron chi connectivity index (χ3n) is 2.83. The second-order valence-electron chi connectivity index (χ2n) is 4.89. The van der Waals surface area contributed by atoms with E-state index in [0.29, 0.717) is 15.2 Å². The van der Waals surface area contributed by atoms with Crippen molar-refractivity contribution in [2.75, 3.05) is 30.8 Å². The molecule has 1 aromatic carbocycles. The minimum atomic E-state index is -0.491. The van der Waals surface area contributed by atoms with Gasteiger partial charge in [-0.1, -0.05) is 41.3 Å². The number of para-hydroxylation sites is 1. The molecule has 0 aliphatic rings. The fourth-order valence-corrected chi connectivity index (χ4v) is 3.30. The predicted octanol–water partition coefficient (Wildman–Crippen LogP) is 1.33. The number of anilines is 1. The summed E-state index contributed by atoms with van der Waals surface area (Å²) in [6, 6.07) is 8.97. The van der Waals surface area contributed by atoms with Gasteiger partial charge < -0.3 is 14.8 Å². The molecule has 0 aliphatic carbocycles. The summed E-state index contributed by atoms with van der Waals surface area (Å²) >= 11 is 2.29. The Morgan fingerprint density at radius 3 is 2.67 bits per heavy atom. The summed E-state index contributed by atoms with van der Waals surface area (Å²) in [5.41, 5.74) is 0. The number of carbonyl (C=O) groups is 3. The van der Waals surface area contributed by atoms with E-state index in [0.717, 1.165) is 23.1 Å². The molecule has 2 amide bonds. The van der Waals surface area contributed by atoms with E-state index in [9.17, 15) is 14.4 Å². The highest BCUT2D eigenvalue weighted by molar-refractivity contribution is 8.01. The molecule has 1 heterocycles. The summed E-state index contributed by atoms with van der Waals surface area (Å²) in [6.45, 7) is 1.63. The quantitative estimate of drug-likeness (QED) is 0.342. The van der Waals surface area contributed by atoms with Gasteiger partial charge in [0, 0.05) is 0 Å². The molecular weight excluding hydrogens is 392 g/mol. The number of rotatable bonds is 10. The van der Waals surface area contributed by atoms with Crippen LogP contribution in [0.4, 0.5) is 5.13 Å². The zero-order valence-electron chi connectivity index (χ0n) is 14.5. The standard InChI is InChI=1S/C16H18N4O5S2/c1-2-24-14(23)8-17-13(22)10-26-16-20-19-15(27-16)18-12(21)9-25-11-6-4-3-5-7-11/h3-7H,2,8-10H2,1H3,(H,17,22)(H,18,19,21). The lowest BCUT2D eigenvalue weighted by atomic mass is 10.3. The average molecular weight is 410 g/mol. The Morgan fingerprint density at radius 2 is 1.93 bits per heavy atom. The molecular formula is C16H18N4O5S2. The van der Waals surface area contributed by atoms with Gasteiger partial charge in [-0.25, -0.2) is 0 Å². The Morgan fingerprint density at radius 1 is 1.15 bits per heavy atom. The van der Waals surface area contributed by atoms with Gasteiger partial charge in [-0.2, -0.15) is 0 Å². The summed E-state index contributed by atoms with van der Waals surface area (Å²) in [4.78, 5) is 34.7. The maximum absolute atomic E-state index is 11.9. The molecule has 0 fully saturated rings. The van der Waals surface area contributed by atoms with Crippen LogP contribution in [-0.4, -0.2) is 53.5 Å². The predicted molar refractivity (Wildman–Crippen MR) is 101 cm³/mol. The first-order chi connectivity index (χ1) is 13.1. The Hall–Kier alpha value is -2.66. The van der Waals surface area contributed by atoms with Crippen LogP contribution in [0.1, 0.15) is 6.92 Å². The Balaban J connectivity index is 1.68. The smallest absolute Gasteiger partial charge is 0.325 e. The fraction of sp³-hybridized carbons (Fsp3) is 0.312. The maximum Gasteiger partial charge on any atom is 0.325 e. The molecule has 144 valence electrons. The number of thioether (sulfide) groups is 1. The number of esters is 1. The van der Waals surface area contributed by atoms with Crippen molar-refractivity contribution < 1.29 is 23.9 Å². The summed E-state index contributed by atoms with van der Waals surface area (Å²) in [5, 5.41) is 13.1. The fourth-order valence-electron chi connectivity index (χ4n) is 1.70. The van der Waals surface area contributed by atoms with Crippen molar-refractivity contribution in [3.63, 3.8) is 0 Å². The van der Waals surface area contributed by atoms with Crippen LogP contribution in [0.3, 0.4) is 0 Å². The summed E-state index contributed by atoms with van der Waals surface area (Å²) < 4.78 is 10.6. The Labute approximate surface area is 163 Å². The van der Waals surface area contributed by atoms with Gasteiger partial charge in [0.15, 0.2) is 10.9 Å². The van der Waals surface area contributed by atoms with E-state index in [2.05, 4.69) is 20.8 Å². The van der Waals surface area contributed by atoms with Gasteiger partial charge in [0.1, 0.15) is 12.3 Å². The van der Waals surface area contributed by atoms with Gasteiger partial charge in [0.05, 0.1) is 12.4 Å². The van der Waals surface area contributed by atoms with Gasteiger partial charge >= 0.3 is 5.97 Å². The van der Waals surface area contributed by atoms with E-state index in [1.165, 1.54) is 0 Å². The van der Waals surface area contributed by atoms with Crippen molar-refractivity contribution in [2.24, 2.45) is 0 Å². The molecule has 2 rings (SSSR count). The number of nitrogens with one attached hydrogen (secondary N) is 2. The number of amides is 2. The SMILES string of the molecule is CCOC(=O)CNC(=O)CSc1nnc(NC(=O)COc2ccccc2)s1. The van der Waals surface area contributed by atoms with Crippen LogP contribution in [0.2, 0.25) is 0 Å². The van der Waals surface area contributed by atoms with Crippen LogP contribution in [0.25, 0.3) is 0 Å². The first-order valence-electron chi connectivity index (χ1n) is 7.93. The molecule has 27 heavy (non-hydrogen) atoms. The van der Waals surface area contributed by atoms with E-state index in [4.69, 9.17) is 9.47 Å². The number of ether oxygens (including phenoxy) is 2. The molecule has 0 aliphatic heterocycles. The number of hydrogen-bond acceptors (Lipinski definition) is 9. The van der Waals surface area contributed by atoms with E-state index >= 15 is 0 Å². The van der Waals surface area contributed by atoms with Crippen LogP contribution in [-0.2, 0) is 19.1 Å². The lowest BCUT2D eigenvalue weighted by Gasteiger charge is -2.04. The summed E-state index contributed by atoms with van der Waals surface area (Å²) in [6.07, 6.45) is 0. The molecule has 0 radical (unpaired) electrons. The Kier molecular flexibility index (Phi) is 8.52. The van der Waals surface area contributed by atoms with Gasteiger partial charge in [-0.05, 0) is 19.1 Å².